The largest absolute Gasteiger partial charge is 0.393 e. The van der Waals surface area contributed by atoms with E-state index < -0.39 is 6.10 Å². The molecule has 0 amide bonds. The number of aromatic nitrogens is 2. The van der Waals surface area contributed by atoms with Crippen LogP contribution in [-0.4, -0.2) is 21.4 Å². The van der Waals surface area contributed by atoms with Gasteiger partial charge in [0.1, 0.15) is 5.82 Å². The first-order valence-corrected chi connectivity index (χ1v) is 7.89. The zero-order valence-electron chi connectivity index (χ0n) is 12.1. The van der Waals surface area contributed by atoms with Crippen molar-refractivity contribution >= 4 is 11.8 Å². The molecule has 0 aliphatic carbocycles. The molecule has 1 atom stereocenters. The molecule has 1 aromatic heterocycles. The highest BCUT2D eigenvalue weighted by Crippen LogP contribution is 2.22. The summed E-state index contributed by atoms with van der Waals surface area (Å²) in [7, 11) is 0. The van der Waals surface area contributed by atoms with E-state index in [1.54, 1.807) is 12.1 Å². The van der Waals surface area contributed by atoms with Crippen LogP contribution in [0.3, 0.4) is 0 Å². The fourth-order valence-electron chi connectivity index (χ4n) is 1.94. The van der Waals surface area contributed by atoms with Crippen molar-refractivity contribution < 1.29 is 14.0 Å². The minimum absolute atomic E-state index is 0.250. The average molecular weight is 310 g/mol. The fourth-order valence-corrected chi connectivity index (χ4v) is 2.68. The molecule has 2 aromatic rings. The Kier molecular flexibility index (Phi) is 5.76. The van der Waals surface area contributed by atoms with Crippen LogP contribution in [0.2, 0.25) is 0 Å². The summed E-state index contributed by atoms with van der Waals surface area (Å²) in [6, 6.07) is 6.28. The van der Waals surface area contributed by atoms with E-state index in [4.69, 9.17) is 4.52 Å². The molecule has 1 heterocycles. The number of aliphatic hydroxyl groups is 1. The summed E-state index contributed by atoms with van der Waals surface area (Å²) in [4.78, 5) is 5.20. The molecule has 0 aliphatic rings. The van der Waals surface area contributed by atoms with Crippen LogP contribution in [0, 0.1) is 11.7 Å². The van der Waals surface area contributed by atoms with Crippen molar-refractivity contribution in [2.24, 2.45) is 5.92 Å². The maximum absolute atomic E-state index is 12.8. The van der Waals surface area contributed by atoms with Gasteiger partial charge >= 0.3 is 0 Å². The molecule has 6 heteroatoms. The van der Waals surface area contributed by atoms with Crippen molar-refractivity contribution in [2.45, 2.75) is 43.4 Å². The first-order valence-electron chi connectivity index (χ1n) is 6.91. The van der Waals surface area contributed by atoms with E-state index in [0.717, 1.165) is 4.90 Å². The van der Waals surface area contributed by atoms with Gasteiger partial charge in [0.05, 0.1) is 18.3 Å². The summed E-state index contributed by atoms with van der Waals surface area (Å²) >= 11 is 1.51. The highest BCUT2D eigenvalue weighted by atomic mass is 32.2. The molecule has 2 rings (SSSR count). The summed E-state index contributed by atoms with van der Waals surface area (Å²) in [6.45, 7) is 4.11. The smallest absolute Gasteiger partial charge is 0.229 e. The molecule has 0 spiro atoms. The Hall–Kier alpha value is -1.40. The Morgan fingerprint density at radius 1 is 1.29 bits per heavy atom. The average Bonchev–Trinajstić information content (AvgIpc) is 2.84. The molecule has 0 bridgehead atoms. The lowest BCUT2D eigenvalue weighted by Crippen LogP contribution is -2.13. The number of rotatable bonds is 7. The molecule has 0 saturated carbocycles. The SMILES string of the molecule is CC(C)CC(O)Cc1nc(CSc2ccc(F)cc2)no1. The van der Waals surface area contributed by atoms with Gasteiger partial charge in [-0.2, -0.15) is 4.98 Å². The fraction of sp³-hybridized carbons (Fsp3) is 0.467. The predicted octanol–water partition coefficient (Wildman–Crippen LogP) is 3.45. The Bertz CT molecular complexity index is 557. The predicted molar refractivity (Wildman–Crippen MR) is 79.4 cm³/mol. The molecule has 1 aromatic carbocycles. The third-order valence-electron chi connectivity index (χ3n) is 2.85. The van der Waals surface area contributed by atoms with E-state index in [0.29, 0.717) is 36.2 Å². The van der Waals surface area contributed by atoms with Gasteiger partial charge in [0, 0.05) is 4.90 Å². The van der Waals surface area contributed by atoms with E-state index >= 15 is 0 Å². The topological polar surface area (TPSA) is 59.2 Å². The van der Waals surface area contributed by atoms with E-state index in [-0.39, 0.29) is 5.82 Å². The van der Waals surface area contributed by atoms with Crippen molar-refractivity contribution in [3.8, 4) is 0 Å². The Morgan fingerprint density at radius 2 is 2.00 bits per heavy atom. The Balaban J connectivity index is 1.84. The van der Waals surface area contributed by atoms with Crippen molar-refractivity contribution in [3.63, 3.8) is 0 Å². The lowest BCUT2D eigenvalue weighted by atomic mass is 10.0. The summed E-state index contributed by atoms with van der Waals surface area (Å²) in [5.74, 6) is 1.76. The minimum atomic E-state index is -0.456. The van der Waals surface area contributed by atoms with E-state index in [1.807, 2.05) is 0 Å². The van der Waals surface area contributed by atoms with Crippen LogP contribution in [0.1, 0.15) is 32.0 Å². The number of aliphatic hydroxyl groups excluding tert-OH is 1. The first-order chi connectivity index (χ1) is 10.0. The standard InChI is InChI=1S/C15H19FN2O2S/c1-10(2)7-12(19)8-15-17-14(18-20-15)9-21-13-5-3-11(16)4-6-13/h3-6,10,12,19H,7-9H2,1-2H3. The maximum atomic E-state index is 12.8. The third kappa shape index (κ3) is 5.47. The third-order valence-corrected chi connectivity index (χ3v) is 3.85. The molecular formula is C15H19FN2O2S. The second-order valence-electron chi connectivity index (χ2n) is 5.33. The number of halogens is 1. The van der Waals surface area contributed by atoms with E-state index in [9.17, 15) is 9.50 Å². The summed E-state index contributed by atoms with van der Waals surface area (Å²) in [5, 5.41) is 13.7. The van der Waals surface area contributed by atoms with Gasteiger partial charge in [-0.1, -0.05) is 19.0 Å². The molecule has 0 radical (unpaired) electrons. The molecule has 0 fully saturated rings. The maximum Gasteiger partial charge on any atom is 0.229 e. The minimum Gasteiger partial charge on any atom is -0.393 e. The molecule has 1 N–H and O–H groups in total. The summed E-state index contributed by atoms with van der Waals surface area (Å²) in [6.07, 6.45) is 0.636. The second-order valence-corrected chi connectivity index (χ2v) is 6.38. The number of benzene rings is 1. The number of hydrogen-bond donors (Lipinski definition) is 1. The van der Waals surface area contributed by atoms with Crippen molar-refractivity contribution in [1.82, 2.24) is 10.1 Å². The molecule has 0 saturated heterocycles. The van der Waals surface area contributed by atoms with Crippen LogP contribution in [0.25, 0.3) is 0 Å². The molecule has 1 unspecified atom stereocenters. The summed E-state index contributed by atoms with van der Waals surface area (Å²) < 4.78 is 17.9. The van der Waals surface area contributed by atoms with E-state index in [1.165, 1.54) is 23.9 Å². The van der Waals surface area contributed by atoms with Crippen LogP contribution in [-0.2, 0) is 12.2 Å². The van der Waals surface area contributed by atoms with Crippen LogP contribution in [0.4, 0.5) is 4.39 Å². The van der Waals surface area contributed by atoms with E-state index in [2.05, 4.69) is 24.0 Å². The first kappa shape index (κ1) is 16.0. The molecule has 114 valence electrons. The van der Waals surface area contributed by atoms with Crippen molar-refractivity contribution in [1.29, 1.82) is 0 Å². The van der Waals surface area contributed by atoms with Gasteiger partial charge in [-0.3, -0.25) is 0 Å². The van der Waals surface area contributed by atoms with Gasteiger partial charge in [0.2, 0.25) is 5.89 Å². The van der Waals surface area contributed by atoms with Gasteiger partial charge in [0.25, 0.3) is 0 Å². The van der Waals surface area contributed by atoms with Crippen LogP contribution >= 0.6 is 11.8 Å². The molecule has 21 heavy (non-hydrogen) atoms. The Labute approximate surface area is 127 Å². The molecular weight excluding hydrogens is 291 g/mol. The van der Waals surface area contributed by atoms with Crippen molar-refractivity contribution in [3.05, 3.63) is 41.8 Å². The number of nitrogens with zero attached hydrogens (tertiary/aromatic N) is 2. The summed E-state index contributed by atoms with van der Waals surface area (Å²) in [5.41, 5.74) is 0. The van der Waals surface area contributed by atoms with Crippen LogP contribution < -0.4 is 0 Å². The van der Waals surface area contributed by atoms with Gasteiger partial charge < -0.3 is 9.63 Å². The monoisotopic (exact) mass is 310 g/mol. The normalized spacial score (nSPS) is 12.8. The highest BCUT2D eigenvalue weighted by molar-refractivity contribution is 7.98. The number of hydrogen-bond acceptors (Lipinski definition) is 5. The quantitative estimate of drug-likeness (QED) is 0.794. The lowest BCUT2D eigenvalue weighted by molar-refractivity contribution is 0.138. The zero-order valence-corrected chi connectivity index (χ0v) is 12.9. The highest BCUT2D eigenvalue weighted by Gasteiger charge is 2.13. The van der Waals surface area contributed by atoms with Gasteiger partial charge in [-0.15, -0.1) is 11.8 Å². The zero-order chi connectivity index (χ0) is 15.2. The lowest BCUT2D eigenvalue weighted by Gasteiger charge is -2.09. The van der Waals surface area contributed by atoms with Gasteiger partial charge in [0.15, 0.2) is 5.82 Å². The van der Waals surface area contributed by atoms with Crippen molar-refractivity contribution in [2.75, 3.05) is 0 Å². The molecule has 0 aliphatic heterocycles. The van der Waals surface area contributed by atoms with Gasteiger partial charge in [-0.05, 0) is 36.6 Å². The van der Waals surface area contributed by atoms with Gasteiger partial charge in [-0.25, -0.2) is 4.39 Å². The van der Waals surface area contributed by atoms with Crippen LogP contribution in [0.15, 0.2) is 33.7 Å². The van der Waals surface area contributed by atoms with Crippen LogP contribution in [0.5, 0.6) is 0 Å². The Morgan fingerprint density at radius 3 is 2.67 bits per heavy atom. The second kappa shape index (κ2) is 7.56. The number of thioether (sulfide) groups is 1. The molecule has 4 nitrogen and oxygen atoms in total.